The third kappa shape index (κ3) is 7.03. The Morgan fingerprint density at radius 3 is 2.62 bits per heavy atom. The Morgan fingerprint density at radius 2 is 1.95 bits per heavy atom. The van der Waals surface area contributed by atoms with E-state index in [9.17, 15) is 32.5 Å². The van der Waals surface area contributed by atoms with Gasteiger partial charge in [0.05, 0.1) is 36.8 Å². The third-order valence-electron chi connectivity index (χ3n) is 6.02. The second-order valence-electron chi connectivity index (χ2n) is 9.75. The number of hydrogen-bond acceptors (Lipinski definition) is 8. The van der Waals surface area contributed by atoms with Crippen molar-refractivity contribution in [1.29, 1.82) is 0 Å². The molecule has 0 saturated carbocycles. The van der Waals surface area contributed by atoms with Crippen LogP contribution in [-0.4, -0.2) is 60.5 Å². The normalized spacial score (nSPS) is 12.2. The lowest BCUT2D eigenvalue weighted by Gasteiger charge is -2.28. The van der Waals surface area contributed by atoms with Crippen molar-refractivity contribution in [3.63, 3.8) is 0 Å². The van der Waals surface area contributed by atoms with E-state index in [4.69, 9.17) is 0 Å². The molecule has 0 radical (unpaired) electrons. The van der Waals surface area contributed by atoms with Crippen molar-refractivity contribution in [2.45, 2.75) is 12.7 Å². The smallest absolute Gasteiger partial charge is 0.358 e. The molecule has 0 spiro atoms. The molecule has 0 bridgehead atoms. The van der Waals surface area contributed by atoms with Crippen molar-refractivity contribution < 1.29 is 31.8 Å². The van der Waals surface area contributed by atoms with Crippen molar-refractivity contribution in [3.05, 3.63) is 80.9 Å². The summed E-state index contributed by atoms with van der Waals surface area (Å²) < 4.78 is 54.6. The van der Waals surface area contributed by atoms with Crippen molar-refractivity contribution in [2.24, 2.45) is 7.05 Å². The number of anilines is 3. The van der Waals surface area contributed by atoms with Crippen LogP contribution >= 0.6 is 15.9 Å². The molecule has 17 heteroatoms. The summed E-state index contributed by atoms with van der Waals surface area (Å²) in [6.45, 7) is -0.0139. The number of benzene rings is 1. The first kappa shape index (κ1) is 30.4. The van der Waals surface area contributed by atoms with E-state index in [1.165, 1.54) is 30.7 Å². The number of imidazole rings is 1. The molecule has 3 aromatic heterocycles. The Bertz CT molecular complexity index is 1710. The van der Waals surface area contributed by atoms with E-state index >= 15 is 0 Å². The van der Waals surface area contributed by atoms with Crippen molar-refractivity contribution in [3.8, 4) is 0 Å². The van der Waals surface area contributed by atoms with E-state index in [1.807, 2.05) is 0 Å². The van der Waals surface area contributed by atoms with Crippen molar-refractivity contribution in [1.82, 2.24) is 24.5 Å². The molecule has 0 aliphatic carbocycles. The van der Waals surface area contributed by atoms with Crippen LogP contribution in [0.2, 0.25) is 0 Å². The number of rotatable bonds is 9. The lowest BCUT2D eigenvalue weighted by Crippen LogP contribution is -2.39. The van der Waals surface area contributed by atoms with E-state index in [1.54, 1.807) is 32.3 Å². The first-order valence-electron chi connectivity index (χ1n) is 12.0. The minimum Gasteiger partial charge on any atom is -0.358 e. The van der Waals surface area contributed by atoms with Crippen LogP contribution in [0.1, 0.15) is 11.5 Å². The number of hydrogen-bond donors (Lipinski definition) is 2. The lowest BCUT2D eigenvalue weighted by molar-refractivity contribution is -0.898. The largest absolute Gasteiger partial charge is 0.475 e. The van der Waals surface area contributed by atoms with Gasteiger partial charge in [0.15, 0.2) is 5.69 Å². The van der Waals surface area contributed by atoms with Crippen LogP contribution in [0, 0.1) is 15.9 Å². The first-order valence-corrected chi connectivity index (χ1v) is 12.8. The highest BCUT2D eigenvalue weighted by Crippen LogP contribution is 2.33. The van der Waals surface area contributed by atoms with Gasteiger partial charge in [0, 0.05) is 24.2 Å². The number of likely N-dealkylation sites (N-methyl/N-ethyl adjacent to an activating group) is 1. The number of carbonyl (C=O) groups excluding carboxylic acids is 1. The van der Waals surface area contributed by atoms with Gasteiger partial charge in [-0.25, -0.2) is 19.3 Å². The Hall–Kier alpha value is -4.51. The molecule has 12 nitrogen and oxygen atoms in total. The maximum absolute atomic E-state index is 13.9. The van der Waals surface area contributed by atoms with Crippen LogP contribution in [0.15, 0.2) is 53.4 Å². The van der Waals surface area contributed by atoms with E-state index in [0.29, 0.717) is 31.4 Å². The number of alkyl halides is 3. The average molecular weight is 653 g/mol. The molecule has 1 aromatic carbocycles. The predicted octanol–water partition coefficient (Wildman–Crippen LogP) is 5.10. The molecular weight excluding hydrogens is 630 g/mol. The summed E-state index contributed by atoms with van der Waals surface area (Å²) in [4.78, 5) is 38.7. The van der Waals surface area contributed by atoms with Gasteiger partial charge in [0.1, 0.15) is 30.3 Å². The molecule has 0 unspecified atom stereocenters. The number of pyridine rings is 1. The van der Waals surface area contributed by atoms with Gasteiger partial charge < -0.3 is 25.2 Å². The van der Waals surface area contributed by atoms with Gasteiger partial charge in [-0.3, -0.25) is 9.36 Å². The van der Waals surface area contributed by atoms with Gasteiger partial charge >= 0.3 is 17.8 Å². The quantitative estimate of drug-likeness (QED) is 0.0836. The zero-order chi connectivity index (χ0) is 30.8. The monoisotopic (exact) mass is 652 g/mol. The summed E-state index contributed by atoms with van der Waals surface area (Å²) in [5.74, 6) is -2.72. The Kier molecular flexibility index (Phi) is 8.53. The third-order valence-corrected chi connectivity index (χ3v) is 6.66. The molecule has 1 amide bonds. The summed E-state index contributed by atoms with van der Waals surface area (Å²) in [7, 11) is 4.35. The lowest BCUT2D eigenvalue weighted by atomic mass is 10.2. The molecule has 220 valence electrons. The zero-order valence-corrected chi connectivity index (χ0v) is 23.9. The van der Waals surface area contributed by atoms with Crippen molar-refractivity contribution in [2.75, 3.05) is 31.3 Å². The molecule has 0 fully saturated rings. The maximum atomic E-state index is 13.9. The Morgan fingerprint density at radius 1 is 1.21 bits per heavy atom. The number of nitro groups is 1. The fourth-order valence-electron chi connectivity index (χ4n) is 4.01. The summed E-state index contributed by atoms with van der Waals surface area (Å²) in [5, 5.41) is 17.5. The van der Waals surface area contributed by atoms with Gasteiger partial charge in [-0.05, 0) is 56.2 Å². The number of quaternary nitrogens is 1. The average Bonchev–Trinajstić information content (AvgIpc) is 3.22. The molecule has 0 atom stereocenters. The van der Waals surface area contributed by atoms with E-state index in [2.05, 4.69) is 46.5 Å². The standard InChI is InChI=1S/C25H22BrF4N9O3/c1-37-19(23(38(41)42)36-24(37)25(28,29)30)12-39(2,3)8-4-5-21(40)35-20-10-15-18(11-31-20)32-13-33-22(15)34-14-6-7-16(26)17(27)9-14/h4-7,9-11,13H,8,12H2,1-3H3,(H-,31,32,33,34,35,40)/p+1/b5-4+. The summed E-state index contributed by atoms with van der Waals surface area (Å²) >= 11 is 3.10. The topological polar surface area (TPSA) is 141 Å². The van der Waals surface area contributed by atoms with E-state index in [0.717, 1.165) is 7.05 Å². The van der Waals surface area contributed by atoms with E-state index < -0.39 is 34.5 Å². The summed E-state index contributed by atoms with van der Waals surface area (Å²) in [6, 6.07) is 6.02. The highest BCUT2D eigenvalue weighted by Gasteiger charge is 2.45. The second-order valence-corrected chi connectivity index (χ2v) is 10.6. The second kappa shape index (κ2) is 11.8. The molecule has 42 heavy (non-hydrogen) atoms. The summed E-state index contributed by atoms with van der Waals surface area (Å²) in [5.41, 5.74) is 0.705. The van der Waals surface area contributed by atoms with Crippen LogP contribution in [0.4, 0.5) is 40.7 Å². The minimum absolute atomic E-state index is 0.0152. The SMILES string of the molecule is Cn1c(C(F)(F)F)nc([N+](=O)[O-])c1C[N+](C)(C)C/C=C/C(=O)Nc1cc2c(Nc3ccc(Br)c(F)c3)ncnc2cn1. The first-order chi connectivity index (χ1) is 19.6. The van der Waals surface area contributed by atoms with Crippen LogP contribution in [0.25, 0.3) is 10.9 Å². The van der Waals surface area contributed by atoms with Gasteiger partial charge in [0.2, 0.25) is 5.91 Å². The molecule has 2 N–H and O–H groups in total. The number of amides is 1. The fraction of sp³-hybridized carbons (Fsp3) is 0.240. The molecule has 0 aliphatic rings. The van der Waals surface area contributed by atoms with Crippen LogP contribution in [0.5, 0.6) is 0 Å². The van der Waals surface area contributed by atoms with Gasteiger partial charge in [0.25, 0.3) is 0 Å². The van der Waals surface area contributed by atoms with Gasteiger partial charge in [-0.2, -0.15) is 13.2 Å². The van der Waals surface area contributed by atoms with Crippen LogP contribution < -0.4 is 10.6 Å². The Labute approximate surface area is 244 Å². The molecule has 0 saturated heterocycles. The number of nitrogens with one attached hydrogen (secondary N) is 2. The van der Waals surface area contributed by atoms with Crippen LogP contribution in [-0.2, 0) is 24.6 Å². The number of carbonyl (C=O) groups is 1. The number of halogens is 5. The molecule has 4 aromatic rings. The molecule has 0 aliphatic heterocycles. The zero-order valence-electron chi connectivity index (χ0n) is 22.3. The Balaban J connectivity index is 1.45. The van der Waals surface area contributed by atoms with Gasteiger partial charge in [-0.15, -0.1) is 0 Å². The summed E-state index contributed by atoms with van der Waals surface area (Å²) in [6.07, 6.45) is 0.590. The predicted molar refractivity (Wildman–Crippen MR) is 148 cm³/mol. The molecular formula is C25H23BrF4N9O3+. The molecule has 4 rings (SSSR count). The number of fused-ring (bicyclic) bond motifs is 1. The van der Waals surface area contributed by atoms with Gasteiger partial charge in [-0.1, -0.05) is 0 Å². The van der Waals surface area contributed by atoms with Crippen LogP contribution in [0.3, 0.4) is 0 Å². The van der Waals surface area contributed by atoms with Crippen molar-refractivity contribution >= 4 is 55.9 Å². The van der Waals surface area contributed by atoms with E-state index in [-0.39, 0.29) is 29.1 Å². The minimum atomic E-state index is -4.86. The number of nitrogens with zero attached hydrogens (tertiary/aromatic N) is 7. The highest BCUT2D eigenvalue weighted by molar-refractivity contribution is 9.10. The number of aromatic nitrogens is 5. The maximum Gasteiger partial charge on any atom is 0.475 e. The molecule has 3 heterocycles. The highest BCUT2D eigenvalue weighted by atomic mass is 79.9. The fourth-order valence-corrected chi connectivity index (χ4v) is 4.26.